The van der Waals surface area contributed by atoms with Crippen molar-refractivity contribution in [3.63, 3.8) is 0 Å². The normalized spacial score (nSPS) is 33.9. The summed E-state index contributed by atoms with van der Waals surface area (Å²) in [6, 6.07) is 0.421. The van der Waals surface area contributed by atoms with Crippen LogP contribution in [0.5, 0.6) is 0 Å². The highest BCUT2D eigenvalue weighted by Gasteiger charge is 2.58. The second-order valence-corrected chi connectivity index (χ2v) is 9.00. The lowest BCUT2D eigenvalue weighted by molar-refractivity contribution is -0.188. The molecule has 0 aromatic carbocycles. The van der Waals surface area contributed by atoms with Gasteiger partial charge in [-0.25, -0.2) is 0 Å². The van der Waals surface area contributed by atoms with E-state index in [1.165, 1.54) is 44.9 Å². The molecule has 2 saturated carbocycles. The van der Waals surface area contributed by atoms with Gasteiger partial charge in [0.25, 0.3) is 0 Å². The van der Waals surface area contributed by atoms with Gasteiger partial charge in [0.1, 0.15) is 0 Å². The molecular formula is C20H37N3O2. The second kappa shape index (κ2) is 7.83. The number of ether oxygens (including phenoxy) is 1. The molecule has 3 aliphatic rings. The quantitative estimate of drug-likeness (QED) is 0.526. The molecule has 1 heterocycles. The molecule has 0 aromatic rings. The number of fused-ring (bicyclic) bond motifs is 1. The maximum Gasteiger partial charge on any atom is 0.191 e. The minimum atomic E-state index is 0.149. The van der Waals surface area contributed by atoms with Gasteiger partial charge in [0.05, 0.1) is 6.10 Å². The maximum atomic E-state index is 9.51. The Balaban J connectivity index is 1.57. The van der Waals surface area contributed by atoms with Crippen molar-refractivity contribution in [1.29, 1.82) is 0 Å². The van der Waals surface area contributed by atoms with E-state index < -0.39 is 0 Å². The summed E-state index contributed by atoms with van der Waals surface area (Å²) in [5.74, 6) is 1.51. The molecule has 3 N–H and O–H groups in total. The lowest BCUT2D eigenvalue weighted by Gasteiger charge is -2.60. The molecule has 1 aliphatic heterocycles. The highest BCUT2D eigenvalue weighted by molar-refractivity contribution is 5.80. The van der Waals surface area contributed by atoms with Gasteiger partial charge in [-0.2, -0.15) is 0 Å². The fraction of sp³-hybridized carbons (Fsp3) is 0.950. The first-order valence-corrected chi connectivity index (χ1v) is 10.2. The van der Waals surface area contributed by atoms with Crippen molar-refractivity contribution < 1.29 is 9.84 Å². The average molecular weight is 352 g/mol. The van der Waals surface area contributed by atoms with Crippen molar-refractivity contribution >= 4 is 5.96 Å². The molecule has 3 atom stereocenters. The third kappa shape index (κ3) is 3.82. The van der Waals surface area contributed by atoms with E-state index in [2.05, 4.69) is 29.5 Å². The van der Waals surface area contributed by atoms with E-state index in [1.54, 1.807) is 0 Å². The standard InChI is InChI=1S/C20H37N3O2/c1-19(2)16(15-8-7-13-25-17(15)19)23-18(21-3)22-14-20(11-12-24)9-5-4-6-10-20/h15-17,24H,4-14H2,1-3H3,(H2,21,22,23). The van der Waals surface area contributed by atoms with Crippen LogP contribution in [0.2, 0.25) is 0 Å². The Morgan fingerprint density at radius 3 is 2.64 bits per heavy atom. The zero-order valence-electron chi connectivity index (χ0n) is 16.3. The lowest BCUT2D eigenvalue weighted by atomic mass is 9.55. The van der Waals surface area contributed by atoms with E-state index in [1.807, 2.05) is 7.05 Å². The summed E-state index contributed by atoms with van der Waals surface area (Å²) < 4.78 is 6.01. The number of nitrogens with one attached hydrogen (secondary N) is 2. The molecule has 144 valence electrons. The predicted molar refractivity (Wildman–Crippen MR) is 102 cm³/mol. The number of guanidine groups is 1. The van der Waals surface area contributed by atoms with Crippen LogP contribution in [0.15, 0.2) is 4.99 Å². The lowest BCUT2D eigenvalue weighted by Crippen LogP contribution is -2.71. The molecule has 3 rings (SSSR count). The molecule has 5 nitrogen and oxygen atoms in total. The summed E-state index contributed by atoms with van der Waals surface area (Å²) in [7, 11) is 1.86. The summed E-state index contributed by atoms with van der Waals surface area (Å²) >= 11 is 0. The second-order valence-electron chi connectivity index (χ2n) is 9.00. The monoisotopic (exact) mass is 351 g/mol. The fourth-order valence-electron chi connectivity index (χ4n) is 5.48. The zero-order chi connectivity index (χ0) is 17.9. The first-order chi connectivity index (χ1) is 12.0. The van der Waals surface area contributed by atoms with E-state index in [0.29, 0.717) is 18.1 Å². The van der Waals surface area contributed by atoms with Crippen LogP contribution in [-0.4, -0.2) is 50.0 Å². The van der Waals surface area contributed by atoms with Crippen LogP contribution in [0.4, 0.5) is 0 Å². The Hall–Kier alpha value is -0.810. The van der Waals surface area contributed by atoms with E-state index in [-0.39, 0.29) is 17.4 Å². The Morgan fingerprint density at radius 1 is 1.20 bits per heavy atom. The number of aliphatic hydroxyl groups is 1. The number of aliphatic hydroxyl groups excluding tert-OH is 1. The molecule has 5 heteroatoms. The van der Waals surface area contributed by atoms with Crippen molar-refractivity contribution in [1.82, 2.24) is 10.6 Å². The molecule has 2 aliphatic carbocycles. The zero-order valence-corrected chi connectivity index (χ0v) is 16.3. The van der Waals surface area contributed by atoms with Crippen LogP contribution in [-0.2, 0) is 4.74 Å². The molecule has 3 fully saturated rings. The predicted octanol–water partition coefficient (Wildman–Crippen LogP) is 2.69. The smallest absolute Gasteiger partial charge is 0.191 e. The molecule has 1 saturated heterocycles. The van der Waals surface area contributed by atoms with Gasteiger partial charge in [0, 0.05) is 44.2 Å². The van der Waals surface area contributed by atoms with Gasteiger partial charge < -0.3 is 20.5 Å². The molecule has 3 unspecified atom stereocenters. The number of hydrogen-bond acceptors (Lipinski definition) is 3. The maximum absolute atomic E-state index is 9.51. The fourth-order valence-corrected chi connectivity index (χ4v) is 5.48. The third-order valence-corrected chi connectivity index (χ3v) is 7.03. The Bertz CT molecular complexity index is 466. The molecule has 0 amide bonds. The highest BCUT2D eigenvalue weighted by atomic mass is 16.5. The summed E-state index contributed by atoms with van der Waals surface area (Å²) in [4.78, 5) is 4.48. The van der Waals surface area contributed by atoms with Crippen molar-refractivity contribution in [2.24, 2.45) is 21.7 Å². The van der Waals surface area contributed by atoms with Gasteiger partial charge in [-0.1, -0.05) is 33.1 Å². The summed E-state index contributed by atoms with van der Waals surface area (Å²) in [5, 5.41) is 16.8. The Kier molecular flexibility index (Phi) is 5.94. The van der Waals surface area contributed by atoms with E-state index >= 15 is 0 Å². The van der Waals surface area contributed by atoms with Crippen LogP contribution in [0, 0.1) is 16.7 Å². The minimum absolute atomic E-state index is 0.149. The molecule has 0 spiro atoms. The van der Waals surface area contributed by atoms with Crippen LogP contribution in [0.3, 0.4) is 0 Å². The summed E-state index contributed by atoms with van der Waals surface area (Å²) in [6.07, 6.45) is 10.0. The van der Waals surface area contributed by atoms with E-state index in [9.17, 15) is 5.11 Å². The largest absolute Gasteiger partial charge is 0.396 e. The van der Waals surface area contributed by atoms with Gasteiger partial charge >= 0.3 is 0 Å². The molecular weight excluding hydrogens is 314 g/mol. The molecule has 0 aromatic heterocycles. The topological polar surface area (TPSA) is 65.9 Å². The van der Waals surface area contributed by atoms with Gasteiger partial charge in [-0.3, -0.25) is 4.99 Å². The number of nitrogens with zero attached hydrogens (tertiary/aromatic N) is 1. The minimum Gasteiger partial charge on any atom is -0.396 e. The molecule has 0 radical (unpaired) electrons. The Morgan fingerprint density at radius 2 is 1.96 bits per heavy atom. The SMILES string of the molecule is CN=C(NCC1(CCO)CCCCC1)NC1C2CCCOC2C1(C)C. The van der Waals surface area contributed by atoms with Crippen LogP contribution >= 0.6 is 0 Å². The average Bonchev–Trinajstić information content (AvgIpc) is 2.63. The summed E-state index contributed by atoms with van der Waals surface area (Å²) in [5.41, 5.74) is 0.382. The van der Waals surface area contributed by atoms with Crippen LogP contribution in [0.1, 0.15) is 65.2 Å². The van der Waals surface area contributed by atoms with Crippen molar-refractivity contribution in [2.45, 2.75) is 77.4 Å². The summed E-state index contributed by atoms with van der Waals surface area (Å²) in [6.45, 7) is 6.71. The first kappa shape index (κ1) is 19.0. The van der Waals surface area contributed by atoms with Gasteiger partial charge in [-0.15, -0.1) is 0 Å². The van der Waals surface area contributed by atoms with E-state index in [0.717, 1.165) is 25.5 Å². The van der Waals surface area contributed by atoms with Gasteiger partial charge in [0.2, 0.25) is 0 Å². The number of aliphatic imine (C=N–C) groups is 1. The molecule has 0 bridgehead atoms. The van der Waals surface area contributed by atoms with Crippen LogP contribution in [0.25, 0.3) is 0 Å². The number of rotatable bonds is 5. The van der Waals surface area contributed by atoms with Crippen molar-refractivity contribution in [2.75, 3.05) is 26.8 Å². The third-order valence-electron chi connectivity index (χ3n) is 7.03. The van der Waals surface area contributed by atoms with Crippen molar-refractivity contribution in [3.8, 4) is 0 Å². The molecule has 25 heavy (non-hydrogen) atoms. The first-order valence-electron chi connectivity index (χ1n) is 10.2. The van der Waals surface area contributed by atoms with Gasteiger partial charge in [0.15, 0.2) is 5.96 Å². The highest BCUT2D eigenvalue weighted by Crippen LogP contribution is 2.51. The van der Waals surface area contributed by atoms with E-state index in [4.69, 9.17) is 4.74 Å². The van der Waals surface area contributed by atoms with Crippen LogP contribution < -0.4 is 10.6 Å². The Labute approximate surface area is 153 Å². The van der Waals surface area contributed by atoms with Crippen molar-refractivity contribution in [3.05, 3.63) is 0 Å². The number of hydrogen-bond donors (Lipinski definition) is 3. The van der Waals surface area contributed by atoms with Gasteiger partial charge in [-0.05, 0) is 37.5 Å².